The number of alkyl halides is 3. The number of benzene rings is 1. The SMILES string of the molecule is FC(F)(F)c1ccc(OCCNC2CCNC2)cc1. The maximum atomic E-state index is 12.3. The summed E-state index contributed by atoms with van der Waals surface area (Å²) >= 11 is 0. The molecule has 0 radical (unpaired) electrons. The molecule has 3 nitrogen and oxygen atoms in total. The first-order valence-electron chi connectivity index (χ1n) is 6.30. The number of hydrogen-bond donors (Lipinski definition) is 2. The molecular formula is C13H17F3N2O. The van der Waals surface area contributed by atoms with Crippen molar-refractivity contribution in [1.82, 2.24) is 10.6 Å². The van der Waals surface area contributed by atoms with E-state index >= 15 is 0 Å². The van der Waals surface area contributed by atoms with Crippen LogP contribution < -0.4 is 15.4 Å². The molecule has 0 amide bonds. The van der Waals surface area contributed by atoms with Crippen molar-refractivity contribution in [3.05, 3.63) is 29.8 Å². The van der Waals surface area contributed by atoms with Crippen LogP contribution in [0.15, 0.2) is 24.3 Å². The molecule has 1 unspecified atom stereocenters. The first-order valence-corrected chi connectivity index (χ1v) is 6.30. The van der Waals surface area contributed by atoms with Crippen molar-refractivity contribution in [2.24, 2.45) is 0 Å². The lowest BCUT2D eigenvalue weighted by molar-refractivity contribution is -0.137. The van der Waals surface area contributed by atoms with Crippen molar-refractivity contribution < 1.29 is 17.9 Å². The summed E-state index contributed by atoms with van der Waals surface area (Å²) in [5.74, 6) is 0.458. The van der Waals surface area contributed by atoms with E-state index in [2.05, 4.69) is 10.6 Å². The average molecular weight is 274 g/mol. The lowest BCUT2D eigenvalue weighted by atomic mass is 10.2. The molecule has 1 aromatic rings. The Bertz CT molecular complexity index is 386. The molecule has 1 aliphatic rings. The zero-order valence-corrected chi connectivity index (χ0v) is 10.5. The van der Waals surface area contributed by atoms with Gasteiger partial charge in [-0.2, -0.15) is 13.2 Å². The normalized spacial score (nSPS) is 19.6. The summed E-state index contributed by atoms with van der Waals surface area (Å²) < 4.78 is 42.4. The Labute approximate surface area is 110 Å². The fourth-order valence-electron chi connectivity index (χ4n) is 2.00. The first-order chi connectivity index (χ1) is 9.05. The standard InChI is InChI=1S/C13H17F3N2O/c14-13(15,16)10-1-3-12(4-2-10)19-8-7-18-11-5-6-17-9-11/h1-4,11,17-18H,5-9H2. The summed E-state index contributed by atoms with van der Waals surface area (Å²) in [5, 5.41) is 6.56. The van der Waals surface area contributed by atoms with Gasteiger partial charge in [0, 0.05) is 19.1 Å². The van der Waals surface area contributed by atoms with Gasteiger partial charge in [0.15, 0.2) is 0 Å². The zero-order valence-electron chi connectivity index (χ0n) is 10.5. The molecule has 1 atom stereocenters. The van der Waals surface area contributed by atoms with Gasteiger partial charge in [-0.1, -0.05) is 0 Å². The summed E-state index contributed by atoms with van der Waals surface area (Å²) in [6, 6.07) is 5.23. The highest BCUT2D eigenvalue weighted by molar-refractivity contribution is 5.28. The van der Waals surface area contributed by atoms with E-state index < -0.39 is 11.7 Å². The predicted octanol–water partition coefficient (Wildman–Crippen LogP) is 2.04. The Hall–Kier alpha value is -1.27. The van der Waals surface area contributed by atoms with Crippen LogP contribution in [-0.4, -0.2) is 32.3 Å². The van der Waals surface area contributed by atoms with Crippen LogP contribution in [0.2, 0.25) is 0 Å². The van der Waals surface area contributed by atoms with Crippen molar-refractivity contribution in [2.45, 2.75) is 18.6 Å². The molecule has 1 fully saturated rings. The van der Waals surface area contributed by atoms with Crippen LogP contribution in [0.25, 0.3) is 0 Å². The van der Waals surface area contributed by atoms with Crippen LogP contribution in [-0.2, 0) is 6.18 Å². The summed E-state index contributed by atoms with van der Waals surface area (Å²) in [6.45, 7) is 3.12. The highest BCUT2D eigenvalue weighted by atomic mass is 19.4. The van der Waals surface area contributed by atoms with Crippen LogP contribution in [0.3, 0.4) is 0 Å². The molecule has 0 aromatic heterocycles. The van der Waals surface area contributed by atoms with E-state index in [0.29, 0.717) is 24.9 Å². The average Bonchev–Trinajstić information content (AvgIpc) is 2.87. The molecule has 1 aliphatic heterocycles. The van der Waals surface area contributed by atoms with Crippen molar-refractivity contribution in [3.8, 4) is 5.75 Å². The van der Waals surface area contributed by atoms with Gasteiger partial charge in [-0.15, -0.1) is 0 Å². The smallest absolute Gasteiger partial charge is 0.416 e. The van der Waals surface area contributed by atoms with Gasteiger partial charge in [0.25, 0.3) is 0 Å². The molecule has 0 bridgehead atoms. The topological polar surface area (TPSA) is 33.3 Å². The van der Waals surface area contributed by atoms with Crippen molar-refractivity contribution in [1.29, 1.82) is 0 Å². The summed E-state index contributed by atoms with van der Waals surface area (Å²) in [6.07, 6.45) is -3.20. The number of ether oxygens (including phenoxy) is 1. The Balaban J connectivity index is 1.71. The van der Waals surface area contributed by atoms with Crippen LogP contribution >= 0.6 is 0 Å². The van der Waals surface area contributed by atoms with Crippen molar-refractivity contribution >= 4 is 0 Å². The first kappa shape index (κ1) is 14.1. The molecule has 2 N–H and O–H groups in total. The largest absolute Gasteiger partial charge is 0.492 e. The quantitative estimate of drug-likeness (QED) is 0.806. The Morgan fingerprint density at radius 2 is 2.00 bits per heavy atom. The Morgan fingerprint density at radius 3 is 2.58 bits per heavy atom. The summed E-state index contributed by atoms with van der Waals surface area (Å²) in [4.78, 5) is 0. The van der Waals surface area contributed by atoms with Gasteiger partial charge in [0.1, 0.15) is 12.4 Å². The number of halogens is 3. The number of hydrogen-bond acceptors (Lipinski definition) is 3. The van der Waals surface area contributed by atoms with Gasteiger partial charge in [0.2, 0.25) is 0 Å². The van der Waals surface area contributed by atoms with Crippen LogP contribution in [0.4, 0.5) is 13.2 Å². The van der Waals surface area contributed by atoms with Gasteiger partial charge >= 0.3 is 6.18 Å². The molecular weight excluding hydrogens is 257 g/mol. The molecule has 0 spiro atoms. The maximum absolute atomic E-state index is 12.3. The third-order valence-corrected chi connectivity index (χ3v) is 3.05. The minimum absolute atomic E-state index is 0.446. The highest BCUT2D eigenvalue weighted by Gasteiger charge is 2.29. The van der Waals surface area contributed by atoms with Gasteiger partial charge in [-0.3, -0.25) is 0 Å². The molecule has 0 aliphatic carbocycles. The summed E-state index contributed by atoms with van der Waals surface area (Å²) in [5.41, 5.74) is -0.657. The molecule has 1 aromatic carbocycles. The second kappa shape index (κ2) is 6.25. The molecule has 0 saturated carbocycles. The van der Waals surface area contributed by atoms with E-state index in [1.165, 1.54) is 12.1 Å². The second-order valence-electron chi connectivity index (χ2n) is 4.51. The fraction of sp³-hybridized carbons (Fsp3) is 0.538. The van der Waals surface area contributed by atoms with Crippen molar-refractivity contribution in [2.75, 3.05) is 26.2 Å². The molecule has 1 heterocycles. The Morgan fingerprint density at radius 1 is 1.26 bits per heavy atom. The van der Waals surface area contributed by atoms with Gasteiger partial charge < -0.3 is 15.4 Å². The van der Waals surface area contributed by atoms with E-state index in [1.54, 1.807) is 0 Å². The van der Waals surface area contributed by atoms with E-state index in [1.807, 2.05) is 0 Å². The second-order valence-corrected chi connectivity index (χ2v) is 4.51. The number of nitrogens with one attached hydrogen (secondary N) is 2. The molecule has 1 saturated heterocycles. The van der Waals surface area contributed by atoms with Crippen LogP contribution in [0, 0.1) is 0 Å². The van der Waals surface area contributed by atoms with E-state index in [4.69, 9.17) is 4.74 Å². The molecule has 6 heteroatoms. The molecule has 106 valence electrons. The summed E-state index contributed by atoms with van der Waals surface area (Å²) in [7, 11) is 0. The fourth-order valence-corrected chi connectivity index (χ4v) is 2.00. The predicted molar refractivity (Wildman–Crippen MR) is 66.2 cm³/mol. The Kier molecular flexibility index (Phi) is 4.66. The lowest BCUT2D eigenvalue weighted by Crippen LogP contribution is -2.34. The minimum Gasteiger partial charge on any atom is -0.492 e. The zero-order chi connectivity index (χ0) is 13.7. The van der Waals surface area contributed by atoms with E-state index in [0.717, 1.165) is 31.6 Å². The van der Waals surface area contributed by atoms with E-state index in [9.17, 15) is 13.2 Å². The third-order valence-electron chi connectivity index (χ3n) is 3.05. The highest BCUT2D eigenvalue weighted by Crippen LogP contribution is 2.30. The molecule has 19 heavy (non-hydrogen) atoms. The lowest BCUT2D eigenvalue weighted by Gasteiger charge is -2.12. The monoisotopic (exact) mass is 274 g/mol. The third kappa shape index (κ3) is 4.40. The van der Waals surface area contributed by atoms with Crippen molar-refractivity contribution in [3.63, 3.8) is 0 Å². The van der Waals surface area contributed by atoms with Crippen LogP contribution in [0.5, 0.6) is 5.75 Å². The van der Waals surface area contributed by atoms with Gasteiger partial charge in [-0.25, -0.2) is 0 Å². The van der Waals surface area contributed by atoms with Gasteiger partial charge in [-0.05, 0) is 37.2 Å². The number of rotatable bonds is 5. The van der Waals surface area contributed by atoms with E-state index in [-0.39, 0.29) is 0 Å². The molecule has 2 rings (SSSR count). The van der Waals surface area contributed by atoms with Gasteiger partial charge in [0.05, 0.1) is 5.56 Å². The maximum Gasteiger partial charge on any atom is 0.416 e. The minimum atomic E-state index is -4.30. The van der Waals surface area contributed by atoms with Crippen LogP contribution in [0.1, 0.15) is 12.0 Å².